The lowest BCUT2D eigenvalue weighted by Gasteiger charge is -2.05. The van der Waals surface area contributed by atoms with Gasteiger partial charge in [0, 0.05) is 30.9 Å². The molecule has 2 aromatic carbocycles. The van der Waals surface area contributed by atoms with Crippen LogP contribution in [0.2, 0.25) is 0 Å². The van der Waals surface area contributed by atoms with Crippen LogP contribution in [0, 0.1) is 0 Å². The van der Waals surface area contributed by atoms with Gasteiger partial charge >= 0.3 is 0 Å². The van der Waals surface area contributed by atoms with Gasteiger partial charge in [0.1, 0.15) is 0 Å². The summed E-state index contributed by atoms with van der Waals surface area (Å²) in [5.74, 6) is -0.0758. The molecule has 2 aromatic heterocycles. The number of fused-ring (bicyclic) bond motifs is 1. The Morgan fingerprint density at radius 2 is 1.92 bits per heavy atom. The van der Waals surface area contributed by atoms with E-state index >= 15 is 0 Å². The molecule has 0 aliphatic rings. The molecular weight excluding hydrogens is 332 g/mol. The maximum atomic E-state index is 12.3. The predicted molar refractivity (Wildman–Crippen MR) is 99.2 cm³/mol. The van der Waals surface area contributed by atoms with Gasteiger partial charge in [0.25, 0.3) is 5.91 Å². The van der Waals surface area contributed by atoms with Crippen LogP contribution >= 0.6 is 11.3 Å². The summed E-state index contributed by atoms with van der Waals surface area (Å²) in [6.45, 7) is 0.569. The van der Waals surface area contributed by atoms with E-state index in [0.717, 1.165) is 22.6 Å². The second kappa shape index (κ2) is 6.86. The fraction of sp³-hybridized carbons (Fsp3) is 0.105. The van der Waals surface area contributed by atoms with E-state index in [4.69, 9.17) is 0 Å². The molecule has 0 radical (unpaired) electrons. The molecule has 0 atom stereocenters. The summed E-state index contributed by atoms with van der Waals surface area (Å²) >= 11 is 1.67. The maximum absolute atomic E-state index is 12.3. The number of nitrogens with one attached hydrogen (secondary N) is 1. The predicted octanol–water partition coefficient (Wildman–Crippen LogP) is 3.45. The quantitative estimate of drug-likeness (QED) is 0.601. The van der Waals surface area contributed by atoms with Crippen molar-refractivity contribution in [3.05, 3.63) is 77.6 Å². The van der Waals surface area contributed by atoms with E-state index in [0.29, 0.717) is 12.1 Å². The first-order valence-electron chi connectivity index (χ1n) is 8.02. The molecule has 4 aromatic rings. The van der Waals surface area contributed by atoms with Crippen LogP contribution in [-0.4, -0.2) is 27.2 Å². The normalized spacial score (nSPS) is 10.9. The van der Waals surface area contributed by atoms with Gasteiger partial charge in [-0.3, -0.25) is 4.79 Å². The maximum Gasteiger partial charge on any atom is 0.251 e. The summed E-state index contributed by atoms with van der Waals surface area (Å²) in [6, 6.07) is 17.3. The summed E-state index contributed by atoms with van der Waals surface area (Å²) < 4.78 is 2.94. The second-order valence-electron chi connectivity index (χ2n) is 5.58. The lowest BCUT2D eigenvalue weighted by atomic mass is 10.2. The molecular formula is C19H16N4OS. The molecule has 0 saturated heterocycles. The molecule has 124 valence electrons. The van der Waals surface area contributed by atoms with E-state index in [-0.39, 0.29) is 5.91 Å². The minimum absolute atomic E-state index is 0.0758. The zero-order chi connectivity index (χ0) is 17.1. The number of carbonyl (C=O) groups excluding carboxylic acids is 1. The van der Waals surface area contributed by atoms with E-state index in [1.54, 1.807) is 22.2 Å². The molecule has 1 amide bonds. The van der Waals surface area contributed by atoms with Gasteiger partial charge in [-0.2, -0.15) is 5.10 Å². The Bertz CT molecular complexity index is 957. The first kappa shape index (κ1) is 15.5. The first-order chi connectivity index (χ1) is 12.3. The fourth-order valence-corrected chi connectivity index (χ4v) is 3.57. The van der Waals surface area contributed by atoms with E-state index in [9.17, 15) is 4.79 Å². The average Bonchev–Trinajstić information content (AvgIpc) is 3.31. The van der Waals surface area contributed by atoms with Crippen LogP contribution in [0.1, 0.15) is 15.4 Å². The molecule has 0 bridgehead atoms. The highest BCUT2D eigenvalue weighted by Crippen LogP contribution is 2.21. The van der Waals surface area contributed by atoms with Crippen LogP contribution in [0.3, 0.4) is 0 Å². The van der Waals surface area contributed by atoms with Crippen molar-refractivity contribution in [3.63, 3.8) is 0 Å². The van der Waals surface area contributed by atoms with Crippen LogP contribution in [0.5, 0.6) is 0 Å². The van der Waals surface area contributed by atoms with Crippen molar-refractivity contribution in [2.45, 2.75) is 6.42 Å². The molecule has 4 rings (SSSR count). The number of para-hydroxylation sites is 1. The van der Waals surface area contributed by atoms with E-state index in [1.807, 2.05) is 54.7 Å². The van der Waals surface area contributed by atoms with Crippen molar-refractivity contribution in [3.8, 4) is 5.69 Å². The Labute approximate surface area is 149 Å². The summed E-state index contributed by atoms with van der Waals surface area (Å²) in [5.41, 5.74) is 2.58. The largest absolute Gasteiger partial charge is 0.352 e. The number of thiazole rings is 1. The van der Waals surface area contributed by atoms with Crippen LogP contribution in [0.15, 0.2) is 67.0 Å². The minimum Gasteiger partial charge on any atom is -0.352 e. The third-order valence-corrected chi connectivity index (χ3v) is 4.96. The highest BCUT2D eigenvalue weighted by Gasteiger charge is 2.07. The molecule has 6 heteroatoms. The van der Waals surface area contributed by atoms with Crippen molar-refractivity contribution in [2.24, 2.45) is 0 Å². The Morgan fingerprint density at radius 3 is 2.68 bits per heavy atom. The average molecular weight is 348 g/mol. The molecule has 2 heterocycles. The molecule has 5 nitrogen and oxygen atoms in total. The van der Waals surface area contributed by atoms with Gasteiger partial charge < -0.3 is 5.32 Å². The highest BCUT2D eigenvalue weighted by atomic mass is 32.1. The SMILES string of the molecule is O=C(NCCc1nc2ccccc2s1)c1ccc(-n2cccn2)cc1. The molecule has 0 saturated carbocycles. The van der Waals surface area contributed by atoms with E-state index < -0.39 is 0 Å². The lowest BCUT2D eigenvalue weighted by Crippen LogP contribution is -2.25. The van der Waals surface area contributed by atoms with E-state index in [2.05, 4.69) is 21.5 Å². The van der Waals surface area contributed by atoms with Crippen molar-refractivity contribution in [1.82, 2.24) is 20.1 Å². The van der Waals surface area contributed by atoms with Crippen molar-refractivity contribution < 1.29 is 4.79 Å². The highest BCUT2D eigenvalue weighted by molar-refractivity contribution is 7.18. The molecule has 0 aliphatic heterocycles. The summed E-state index contributed by atoms with van der Waals surface area (Å²) in [4.78, 5) is 16.8. The standard InChI is InChI=1S/C19H16N4OS/c24-19(14-6-8-15(9-7-14)23-13-3-11-21-23)20-12-10-18-22-16-4-1-2-5-17(16)25-18/h1-9,11,13H,10,12H2,(H,20,24). The van der Waals surface area contributed by atoms with Crippen molar-refractivity contribution >= 4 is 27.5 Å². The molecule has 1 N–H and O–H groups in total. The lowest BCUT2D eigenvalue weighted by molar-refractivity contribution is 0.0954. The van der Waals surface area contributed by atoms with Crippen LogP contribution in [0.25, 0.3) is 15.9 Å². The van der Waals surface area contributed by atoms with Gasteiger partial charge in [0.2, 0.25) is 0 Å². The van der Waals surface area contributed by atoms with Crippen LogP contribution in [0.4, 0.5) is 0 Å². The topological polar surface area (TPSA) is 59.8 Å². The van der Waals surface area contributed by atoms with Gasteiger partial charge in [-0.1, -0.05) is 12.1 Å². The molecule has 0 aliphatic carbocycles. The number of carbonyl (C=O) groups is 1. The molecule has 25 heavy (non-hydrogen) atoms. The summed E-state index contributed by atoms with van der Waals surface area (Å²) in [7, 11) is 0. The van der Waals surface area contributed by atoms with E-state index in [1.165, 1.54) is 4.70 Å². The van der Waals surface area contributed by atoms with Gasteiger partial charge in [-0.25, -0.2) is 9.67 Å². The Morgan fingerprint density at radius 1 is 1.08 bits per heavy atom. The fourth-order valence-electron chi connectivity index (χ4n) is 2.60. The van der Waals surface area contributed by atoms with Crippen LogP contribution < -0.4 is 5.32 Å². The Balaban J connectivity index is 1.35. The summed E-state index contributed by atoms with van der Waals surface area (Å²) in [6.07, 6.45) is 4.33. The number of nitrogens with zero attached hydrogens (tertiary/aromatic N) is 3. The Hall–Kier alpha value is -2.99. The first-order valence-corrected chi connectivity index (χ1v) is 8.84. The third-order valence-electron chi connectivity index (χ3n) is 3.86. The molecule has 0 fully saturated rings. The number of benzene rings is 2. The number of hydrogen-bond donors (Lipinski definition) is 1. The van der Waals surface area contributed by atoms with Gasteiger partial charge in [-0.05, 0) is 42.5 Å². The number of aromatic nitrogens is 3. The monoisotopic (exact) mass is 348 g/mol. The minimum atomic E-state index is -0.0758. The summed E-state index contributed by atoms with van der Waals surface area (Å²) in [5, 5.41) is 8.16. The smallest absolute Gasteiger partial charge is 0.251 e. The Kier molecular flexibility index (Phi) is 4.26. The van der Waals surface area contributed by atoms with Crippen molar-refractivity contribution in [1.29, 1.82) is 0 Å². The molecule has 0 unspecified atom stereocenters. The van der Waals surface area contributed by atoms with Gasteiger partial charge in [-0.15, -0.1) is 11.3 Å². The number of amides is 1. The zero-order valence-corrected chi connectivity index (χ0v) is 14.2. The van der Waals surface area contributed by atoms with Gasteiger partial charge in [0.05, 0.1) is 20.9 Å². The number of hydrogen-bond acceptors (Lipinski definition) is 4. The second-order valence-corrected chi connectivity index (χ2v) is 6.69. The van der Waals surface area contributed by atoms with Crippen molar-refractivity contribution in [2.75, 3.05) is 6.54 Å². The third kappa shape index (κ3) is 3.44. The zero-order valence-electron chi connectivity index (χ0n) is 13.4. The number of rotatable bonds is 5. The molecule has 0 spiro atoms. The van der Waals surface area contributed by atoms with Gasteiger partial charge in [0.15, 0.2) is 0 Å². The van der Waals surface area contributed by atoms with Crippen LogP contribution in [-0.2, 0) is 6.42 Å².